The van der Waals surface area contributed by atoms with Gasteiger partial charge in [0.25, 0.3) is 5.91 Å². The molecule has 1 unspecified atom stereocenters. The summed E-state index contributed by atoms with van der Waals surface area (Å²) in [5, 5.41) is 9.34. The number of hydrogen-bond donors (Lipinski definition) is 1. The maximum Gasteiger partial charge on any atom is 0.286 e. The van der Waals surface area contributed by atoms with E-state index in [1.165, 1.54) is 18.2 Å². The molecule has 0 aliphatic carbocycles. The third-order valence-corrected chi connectivity index (χ3v) is 2.47. The molecule has 0 aliphatic rings. The van der Waals surface area contributed by atoms with Gasteiger partial charge in [-0.2, -0.15) is 5.26 Å². The van der Waals surface area contributed by atoms with E-state index >= 15 is 0 Å². The molecule has 0 fully saturated rings. The average molecular weight is 257 g/mol. The minimum absolute atomic E-state index is 0.147. The van der Waals surface area contributed by atoms with Crippen LogP contribution in [-0.2, 0) is 9.59 Å². The Labute approximate surface area is 102 Å². The average Bonchev–Trinajstić information content (AvgIpc) is 2.21. The number of rotatable bonds is 3. The second kappa shape index (κ2) is 4.97. The number of hydrogen-bond acceptors (Lipinski definition) is 3. The number of nitrogens with two attached hydrogens (primary N) is 1. The summed E-state index contributed by atoms with van der Waals surface area (Å²) < 4.78 is 0. The molecular formula is C10H6Cl2N2O2. The summed E-state index contributed by atoms with van der Waals surface area (Å²) in [4.78, 5) is 22.0. The lowest BCUT2D eigenvalue weighted by atomic mass is 9.96. The molecular weight excluding hydrogens is 251 g/mol. The molecule has 16 heavy (non-hydrogen) atoms. The lowest BCUT2D eigenvalue weighted by Crippen LogP contribution is -2.28. The van der Waals surface area contributed by atoms with Gasteiger partial charge in [-0.25, -0.2) is 0 Å². The van der Waals surface area contributed by atoms with Crippen LogP contribution in [0.4, 0.5) is 0 Å². The van der Waals surface area contributed by atoms with Gasteiger partial charge < -0.3 is 5.73 Å². The molecule has 0 bridgehead atoms. The standard InChI is InChI=1S/C10H6Cl2N2O2/c11-5-1-2-6(8(12)3-5)7(4-13)9(15)10(14)16/h1-3,7H,(H2,14,16). The third-order valence-electron chi connectivity index (χ3n) is 1.91. The SMILES string of the molecule is N#CC(C(=O)C(N)=O)c1ccc(Cl)cc1Cl. The number of Topliss-reactive ketones (excluding diaryl/α,β-unsaturated/α-hetero) is 1. The first-order valence-electron chi connectivity index (χ1n) is 4.15. The second-order valence-corrected chi connectivity index (χ2v) is 3.80. The maximum atomic E-state index is 11.3. The first kappa shape index (κ1) is 12.5. The molecule has 1 aromatic rings. The first-order chi connectivity index (χ1) is 7.47. The van der Waals surface area contributed by atoms with Crippen LogP contribution in [0.3, 0.4) is 0 Å². The van der Waals surface area contributed by atoms with E-state index in [2.05, 4.69) is 0 Å². The van der Waals surface area contributed by atoms with Crippen LogP contribution in [0.25, 0.3) is 0 Å². The molecule has 4 nitrogen and oxygen atoms in total. The molecule has 1 rings (SSSR count). The van der Waals surface area contributed by atoms with Crippen LogP contribution in [-0.4, -0.2) is 11.7 Å². The van der Waals surface area contributed by atoms with Crippen LogP contribution < -0.4 is 5.73 Å². The van der Waals surface area contributed by atoms with Crippen LogP contribution in [0.5, 0.6) is 0 Å². The van der Waals surface area contributed by atoms with E-state index in [1.807, 2.05) is 0 Å². The fourth-order valence-corrected chi connectivity index (χ4v) is 1.66. The van der Waals surface area contributed by atoms with Crippen molar-refractivity contribution in [3.63, 3.8) is 0 Å². The zero-order valence-electron chi connectivity index (χ0n) is 7.91. The van der Waals surface area contributed by atoms with Crippen LogP contribution >= 0.6 is 23.2 Å². The van der Waals surface area contributed by atoms with Gasteiger partial charge in [-0.3, -0.25) is 9.59 Å². The molecule has 1 aromatic carbocycles. The highest BCUT2D eigenvalue weighted by atomic mass is 35.5. The van der Waals surface area contributed by atoms with Gasteiger partial charge in [-0.05, 0) is 17.7 Å². The van der Waals surface area contributed by atoms with E-state index in [4.69, 9.17) is 34.2 Å². The van der Waals surface area contributed by atoms with Crippen LogP contribution in [0.1, 0.15) is 11.5 Å². The Morgan fingerprint density at radius 3 is 2.44 bits per heavy atom. The molecule has 0 aliphatic heterocycles. The summed E-state index contributed by atoms with van der Waals surface area (Å²) >= 11 is 11.5. The van der Waals surface area contributed by atoms with Gasteiger partial charge in [0.05, 0.1) is 6.07 Å². The Balaban J connectivity index is 3.20. The Morgan fingerprint density at radius 2 is 2.00 bits per heavy atom. The van der Waals surface area contributed by atoms with Gasteiger partial charge in [0.2, 0.25) is 5.78 Å². The van der Waals surface area contributed by atoms with Crippen molar-refractivity contribution in [2.24, 2.45) is 5.73 Å². The molecule has 0 spiro atoms. The molecule has 0 saturated carbocycles. The normalized spacial score (nSPS) is 11.6. The minimum atomic E-state index is -1.29. The Kier molecular flexibility index (Phi) is 3.88. The van der Waals surface area contributed by atoms with Crippen molar-refractivity contribution in [1.82, 2.24) is 0 Å². The highest BCUT2D eigenvalue weighted by Crippen LogP contribution is 2.27. The predicted molar refractivity (Wildman–Crippen MR) is 59.0 cm³/mol. The monoisotopic (exact) mass is 256 g/mol. The van der Waals surface area contributed by atoms with Crippen LogP contribution in [0.15, 0.2) is 18.2 Å². The van der Waals surface area contributed by atoms with Crippen molar-refractivity contribution >= 4 is 34.9 Å². The Morgan fingerprint density at radius 1 is 1.38 bits per heavy atom. The summed E-state index contributed by atoms with van der Waals surface area (Å²) in [7, 11) is 0. The van der Waals surface area contributed by atoms with E-state index < -0.39 is 17.6 Å². The van der Waals surface area contributed by atoms with Crippen LogP contribution in [0, 0.1) is 11.3 Å². The highest BCUT2D eigenvalue weighted by molar-refractivity contribution is 6.40. The predicted octanol–water partition coefficient (Wildman–Crippen LogP) is 1.65. The highest BCUT2D eigenvalue weighted by Gasteiger charge is 2.26. The topological polar surface area (TPSA) is 83.9 Å². The summed E-state index contributed by atoms with van der Waals surface area (Å²) in [6.07, 6.45) is 0. The summed E-state index contributed by atoms with van der Waals surface area (Å²) in [5.41, 5.74) is 5.04. The fourth-order valence-electron chi connectivity index (χ4n) is 1.15. The maximum absolute atomic E-state index is 11.3. The van der Waals surface area contributed by atoms with Crippen molar-refractivity contribution in [3.8, 4) is 6.07 Å². The van der Waals surface area contributed by atoms with Gasteiger partial charge in [0, 0.05) is 10.0 Å². The molecule has 2 N–H and O–H groups in total. The second-order valence-electron chi connectivity index (χ2n) is 2.96. The molecule has 6 heteroatoms. The zero-order chi connectivity index (χ0) is 12.3. The molecule has 0 heterocycles. The Hall–Kier alpha value is -1.57. The van der Waals surface area contributed by atoms with E-state index in [0.717, 1.165) is 0 Å². The largest absolute Gasteiger partial charge is 0.363 e. The number of ketones is 1. The molecule has 0 radical (unpaired) electrons. The number of nitriles is 1. The molecule has 1 atom stereocenters. The van der Waals surface area contributed by atoms with E-state index in [-0.39, 0.29) is 10.6 Å². The Bertz CT molecular complexity index is 494. The lowest BCUT2D eigenvalue weighted by molar-refractivity contribution is -0.136. The van der Waals surface area contributed by atoms with Gasteiger partial charge in [0.15, 0.2) is 0 Å². The molecule has 0 saturated heterocycles. The van der Waals surface area contributed by atoms with Gasteiger partial charge in [0.1, 0.15) is 5.92 Å². The number of carbonyl (C=O) groups is 2. The number of benzene rings is 1. The quantitative estimate of drug-likeness (QED) is 0.835. The number of nitrogens with zero attached hydrogens (tertiary/aromatic N) is 1. The number of halogens is 2. The number of carbonyl (C=O) groups excluding carboxylic acids is 2. The molecule has 0 aromatic heterocycles. The van der Waals surface area contributed by atoms with E-state index in [9.17, 15) is 9.59 Å². The van der Waals surface area contributed by atoms with Crippen molar-refractivity contribution in [2.75, 3.05) is 0 Å². The van der Waals surface area contributed by atoms with Crippen molar-refractivity contribution in [1.29, 1.82) is 5.26 Å². The van der Waals surface area contributed by atoms with Gasteiger partial charge in [-0.1, -0.05) is 29.3 Å². The number of amides is 1. The zero-order valence-corrected chi connectivity index (χ0v) is 9.42. The van der Waals surface area contributed by atoms with E-state index in [0.29, 0.717) is 5.02 Å². The molecule has 82 valence electrons. The van der Waals surface area contributed by atoms with Gasteiger partial charge >= 0.3 is 0 Å². The number of primary amides is 1. The van der Waals surface area contributed by atoms with Gasteiger partial charge in [-0.15, -0.1) is 0 Å². The summed E-state index contributed by atoms with van der Waals surface area (Å²) in [5.74, 6) is -3.45. The van der Waals surface area contributed by atoms with Crippen LogP contribution in [0.2, 0.25) is 10.0 Å². The van der Waals surface area contributed by atoms with Crippen molar-refractivity contribution < 1.29 is 9.59 Å². The first-order valence-corrected chi connectivity index (χ1v) is 4.91. The van der Waals surface area contributed by atoms with Crippen molar-refractivity contribution in [2.45, 2.75) is 5.92 Å². The summed E-state index contributed by atoms with van der Waals surface area (Å²) in [6.45, 7) is 0. The minimum Gasteiger partial charge on any atom is -0.363 e. The van der Waals surface area contributed by atoms with E-state index in [1.54, 1.807) is 6.07 Å². The lowest BCUT2D eigenvalue weighted by Gasteiger charge is -2.08. The smallest absolute Gasteiger partial charge is 0.286 e. The molecule has 1 amide bonds. The fraction of sp³-hybridized carbons (Fsp3) is 0.100. The van der Waals surface area contributed by atoms with Crippen molar-refractivity contribution in [3.05, 3.63) is 33.8 Å². The third kappa shape index (κ3) is 2.51. The summed E-state index contributed by atoms with van der Waals surface area (Å²) in [6, 6.07) is 5.96.